The van der Waals surface area contributed by atoms with Crippen LogP contribution in [0.5, 0.6) is 5.75 Å². The maximum atomic E-state index is 6.39. The van der Waals surface area contributed by atoms with Crippen LogP contribution in [0.3, 0.4) is 0 Å². The van der Waals surface area contributed by atoms with Crippen molar-refractivity contribution in [3.8, 4) is 5.75 Å². The van der Waals surface area contributed by atoms with Crippen LogP contribution < -0.4 is 10.1 Å². The van der Waals surface area contributed by atoms with Crippen LogP contribution in [-0.2, 0) is 0 Å². The van der Waals surface area contributed by atoms with Gasteiger partial charge >= 0.3 is 0 Å². The molecule has 2 saturated carbocycles. The Morgan fingerprint density at radius 2 is 1.95 bits per heavy atom. The third-order valence-electron chi connectivity index (χ3n) is 5.28. The van der Waals surface area contributed by atoms with Gasteiger partial charge in [0.15, 0.2) is 0 Å². The van der Waals surface area contributed by atoms with E-state index in [0.717, 1.165) is 12.2 Å². The summed E-state index contributed by atoms with van der Waals surface area (Å²) in [5, 5.41) is 3.50. The Hall–Kier alpha value is -1.02. The second-order valence-electron chi connectivity index (χ2n) is 6.39. The van der Waals surface area contributed by atoms with Crippen LogP contribution >= 0.6 is 0 Å². The second kappa shape index (κ2) is 4.82. The molecule has 0 saturated heterocycles. The number of hydrogen-bond acceptors (Lipinski definition) is 2. The molecule has 2 heteroatoms. The van der Waals surface area contributed by atoms with Gasteiger partial charge in [0, 0.05) is 17.9 Å². The highest BCUT2D eigenvalue weighted by molar-refractivity contribution is 5.36. The molecule has 1 aromatic carbocycles. The Morgan fingerprint density at radius 1 is 1.21 bits per heavy atom. The third-order valence-corrected chi connectivity index (χ3v) is 5.28. The van der Waals surface area contributed by atoms with Crippen LogP contribution in [0.2, 0.25) is 0 Å². The Bertz CT molecular complexity index is 462. The fourth-order valence-corrected chi connectivity index (χ4v) is 4.01. The molecule has 0 radical (unpaired) electrons. The first-order chi connectivity index (χ1) is 9.15. The van der Waals surface area contributed by atoms with Crippen LogP contribution in [-0.4, -0.2) is 19.2 Å². The molecule has 2 nitrogen and oxygen atoms in total. The van der Waals surface area contributed by atoms with Crippen molar-refractivity contribution in [2.45, 2.75) is 58.1 Å². The van der Waals surface area contributed by atoms with E-state index in [1.54, 1.807) is 0 Å². The lowest BCUT2D eigenvalue weighted by molar-refractivity contribution is -0.0739. The third kappa shape index (κ3) is 2.06. The van der Waals surface area contributed by atoms with E-state index in [1.807, 2.05) is 0 Å². The topological polar surface area (TPSA) is 21.3 Å². The summed E-state index contributed by atoms with van der Waals surface area (Å²) < 4.78 is 6.39. The van der Waals surface area contributed by atoms with Crippen LogP contribution in [0.25, 0.3) is 0 Å². The molecule has 0 heterocycles. The molecule has 2 unspecified atom stereocenters. The van der Waals surface area contributed by atoms with Crippen molar-refractivity contribution < 1.29 is 4.74 Å². The Kier molecular flexibility index (Phi) is 3.30. The van der Waals surface area contributed by atoms with Crippen molar-refractivity contribution in [1.29, 1.82) is 0 Å². The van der Waals surface area contributed by atoms with Crippen molar-refractivity contribution in [2.75, 3.05) is 7.05 Å². The average Bonchev–Trinajstić information content (AvgIpc) is 2.90. The van der Waals surface area contributed by atoms with E-state index in [-0.39, 0.29) is 0 Å². The zero-order valence-corrected chi connectivity index (χ0v) is 12.3. The maximum absolute atomic E-state index is 6.39. The summed E-state index contributed by atoms with van der Waals surface area (Å²) in [7, 11) is 2.10. The SMILES string of the molecule is CNC1CC(Oc2cc(C)ccc2C)C12CCCC2. The van der Waals surface area contributed by atoms with Crippen molar-refractivity contribution in [1.82, 2.24) is 5.32 Å². The number of ether oxygens (including phenoxy) is 1. The molecule has 0 aromatic heterocycles. The molecule has 2 aliphatic carbocycles. The molecule has 1 N–H and O–H groups in total. The minimum atomic E-state index is 0.408. The van der Waals surface area contributed by atoms with E-state index < -0.39 is 0 Å². The molecule has 0 aliphatic heterocycles. The number of rotatable bonds is 3. The van der Waals surface area contributed by atoms with Gasteiger partial charge in [-0.15, -0.1) is 0 Å². The zero-order chi connectivity index (χ0) is 13.5. The van der Waals surface area contributed by atoms with Crippen LogP contribution in [0, 0.1) is 19.3 Å². The fraction of sp³-hybridized carbons (Fsp3) is 0.647. The summed E-state index contributed by atoms with van der Waals surface area (Å²) in [6.07, 6.45) is 6.95. The Labute approximate surface area is 116 Å². The standard InChI is InChI=1S/C17H25NO/c1-12-6-7-13(2)14(10-12)19-16-11-15(18-3)17(16)8-4-5-9-17/h6-7,10,15-16,18H,4-5,8-9,11H2,1-3H3. The Morgan fingerprint density at radius 3 is 2.63 bits per heavy atom. The highest BCUT2D eigenvalue weighted by Crippen LogP contribution is 2.54. The van der Waals surface area contributed by atoms with E-state index in [0.29, 0.717) is 17.6 Å². The van der Waals surface area contributed by atoms with Crippen molar-refractivity contribution >= 4 is 0 Å². The highest BCUT2D eigenvalue weighted by Gasteiger charge is 2.57. The van der Waals surface area contributed by atoms with Gasteiger partial charge in [-0.2, -0.15) is 0 Å². The minimum absolute atomic E-state index is 0.408. The molecule has 19 heavy (non-hydrogen) atoms. The van der Waals surface area contributed by atoms with Gasteiger partial charge in [0.25, 0.3) is 0 Å². The molecule has 1 aromatic rings. The summed E-state index contributed by atoms with van der Waals surface area (Å²) in [4.78, 5) is 0. The second-order valence-corrected chi connectivity index (χ2v) is 6.39. The van der Waals surface area contributed by atoms with E-state index in [9.17, 15) is 0 Å². The molecule has 2 aliphatic rings. The summed E-state index contributed by atoms with van der Waals surface area (Å²) in [5.41, 5.74) is 2.95. The normalized spacial score (nSPS) is 28.4. The fourth-order valence-electron chi connectivity index (χ4n) is 4.01. The van der Waals surface area contributed by atoms with E-state index in [4.69, 9.17) is 4.74 Å². The van der Waals surface area contributed by atoms with Crippen LogP contribution in [0.1, 0.15) is 43.2 Å². The van der Waals surface area contributed by atoms with Crippen molar-refractivity contribution in [3.63, 3.8) is 0 Å². The summed E-state index contributed by atoms with van der Waals surface area (Å²) in [5.74, 6) is 1.09. The van der Waals surface area contributed by atoms with Gasteiger partial charge in [0.2, 0.25) is 0 Å². The van der Waals surface area contributed by atoms with E-state index >= 15 is 0 Å². The molecule has 104 valence electrons. The quantitative estimate of drug-likeness (QED) is 0.895. The lowest BCUT2D eigenvalue weighted by Crippen LogP contribution is -2.63. The largest absolute Gasteiger partial charge is 0.489 e. The number of hydrogen-bond donors (Lipinski definition) is 1. The number of benzene rings is 1. The monoisotopic (exact) mass is 259 g/mol. The molecule has 1 spiro atoms. The summed E-state index contributed by atoms with van der Waals surface area (Å²) in [6, 6.07) is 7.17. The first kappa shape index (κ1) is 13.0. The van der Waals surface area contributed by atoms with Gasteiger partial charge in [-0.3, -0.25) is 0 Å². The maximum Gasteiger partial charge on any atom is 0.122 e. The van der Waals surface area contributed by atoms with Crippen LogP contribution in [0.4, 0.5) is 0 Å². The number of nitrogens with one attached hydrogen (secondary N) is 1. The van der Waals surface area contributed by atoms with Gasteiger partial charge in [0.05, 0.1) is 0 Å². The first-order valence-electron chi connectivity index (χ1n) is 7.57. The predicted octanol–water partition coefficient (Wildman–Crippen LogP) is 3.60. The average molecular weight is 259 g/mol. The lowest BCUT2D eigenvalue weighted by Gasteiger charge is -2.53. The number of aryl methyl sites for hydroxylation is 2. The first-order valence-corrected chi connectivity index (χ1v) is 7.57. The van der Waals surface area contributed by atoms with Gasteiger partial charge in [-0.25, -0.2) is 0 Å². The highest BCUT2D eigenvalue weighted by atomic mass is 16.5. The van der Waals surface area contributed by atoms with Gasteiger partial charge in [0.1, 0.15) is 11.9 Å². The molecule has 0 bridgehead atoms. The van der Waals surface area contributed by atoms with E-state index in [2.05, 4.69) is 44.4 Å². The molecular weight excluding hydrogens is 234 g/mol. The molecule has 3 rings (SSSR count). The molecule has 0 amide bonds. The summed E-state index contributed by atoms with van der Waals surface area (Å²) >= 11 is 0. The van der Waals surface area contributed by atoms with Gasteiger partial charge < -0.3 is 10.1 Å². The lowest BCUT2D eigenvalue weighted by atomic mass is 9.60. The Balaban J connectivity index is 1.78. The summed E-state index contributed by atoms with van der Waals surface area (Å²) in [6.45, 7) is 4.28. The van der Waals surface area contributed by atoms with E-state index in [1.165, 1.54) is 36.8 Å². The van der Waals surface area contributed by atoms with Gasteiger partial charge in [-0.05, 0) is 50.9 Å². The van der Waals surface area contributed by atoms with Crippen molar-refractivity contribution in [3.05, 3.63) is 29.3 Å². The zero-order valence-electron chi connectivity index (χ0n) is 12.3. The molecular formula is C17H25NO. The van der Waals surface area contributed by atoms with Crippen LogP contribution in [0.15, 0.2) is 18.2 Å². The predicted molar refractivity (Wildman–Crippen MR) is 78.7 cm³/mol. The molecule has 2 fully saturated rings. The smallest absolute Gasteiger partial charge is 0.122 e. The van der Waals surface area contributed by atoms with Gasteiger partial charge in [-0.1, -0.05) is 25.0 Å². The van der Waals surface area contributed by atoms with Crippen molar-refractivity contribution in [2.24, 2.45) is 5.41 Å². The minimum Gasteiger partial charge on any atom is -0.489 e. The molecule has 2 atom stereocenters.